The molecule has 5 nitrogen and oxygen atoms in total. The van der Waals surface area contributed by atoms with Crippen LogP contribution in [0.4, 0.5) is 0 Å². The first-order valence-corrected chi connectivity index (χ1v) is 10.2. The highest BCUT2D eigenvalue weighted by atomic mass is 35.5. The van der Waals surface area contributed by atoms with Gasteiger partial charge in [0.2, 0.25) is 10.0 Å². The molecule has 0 spiro atoms. The molecule has 134 valence electrons. The largest absolute Gasteiger partial charge is 0.396 e. The van der Waals surface area contributed by atoms with Gasteiger partial charge in [-0.1, -0.05) is 35.9 Å². The Hall–Kier alpha value is -1.18. The highest BCUT2D eigenvalue weighted by molar-refractivity contribution is 7.89. The van der Waals surface area contributed by atoms with Crippen LogP contribution in [0, 0.1) is 11.3 Å². The van der Waals surface area contributed by atoms with Gasteiger partial charge >= 0.3 is 0 Å². The normalized spacial score (nSPS) is 27.5. The Kier molecular flexibility index (Phi) is 4.29. The summed E-state index contributed by atoms with van der Waals surface area (Å²) in [6.45, 7) is 1.71. The van der Waals surface area contributed by atoms with Crippen LogP contribution in [0.25, 0.3) is 10.8 Å². The third-order valence-corrected chi connectivity index (χ3v) is 7.76. The zero-order valence-electron chi connectivity index (χ0n) is 13.7. The Morgan fingerprint density at radius 3 is 2.76 bits per heavy atom. The maximum absolute atomic E-state index is 13.3. The second-order valence-electron chi connectivity index (χ2n) is 6.93. The van der Waals surface area contributed by atoms with E-state index >= 15 is 0 Å². The zero-order valence-corrected chi connectivity index (χ0v) is 15.3. The molecule has 2 heterocycles. The van der Waals surface area contributed by atoms with Gasteiger partial charge in [-0.3, -0.25) is 0 Å². The second kappa shape index (κ2) is 6.21. The van der Waals surface area contributed by atoms with E-state index in [4.69, 9.17) is 16.3 Å². The lowest BCUT2D eigenvalue weighted by atomic mass is 9.75. The molecule has 0 aliphatic carbocycles. The summed E-state index contributed by atoms with van der Waals surface area (Å²) >= 11 is 6.31. The maximum atomic E-state index is 13.3. The third-order valence-electron chi connectivity index (χ3n) is 5.59. The fraction of sp³-hybridized carbons (Fsp3) is 0.444. The SMILES string of the molecule is O=S(=O)(c1cccc2cccc(Cl)c12)N1C[C@@H]2COCC[C@]2(CO)C1. The van der Waals surface area contributed by atoms with Crippen molar-refractivity contribution < 1.29 is 18.3 Å². The number of sulfonamides is 1. The summed E-state index contributed by atoms with van der Waals surface area (Å²) in [5.74, 6) is 0.0199. The van der Waals surface area contributed by atoms with Crippen molar-refractivity contribution in [3.05, 3.63) is 41.4 Å². The predicted molar refractivity (Wildman–Crippen MR) is 96.2 cm³/mol. The Bertz CT molecular complexity index is 911. The molecule has 2 aliphatic rings. The van der Waals surface area contributed by atoms with Crippen molar-refractivity contribution in [3.8, 4) is 0 Å². The molecule has 25 heavy (non-hydrogen) atoms. The average molecular weight is 382 g/mol. The van der Waals surface area contributed by atoms with Crippen LogP contribution < -0.4 is 0 Å². The van der Waals surface area contributed by atoms with Crippen LogP contribution in [0.2, 0.25) is 5.02 Å². The van der Waals surface area contributed by atoms with E-state index < -0.39 is 15.4 Å². The van der Waals surface area contributed by atoms with Gasteiger partial charge in [0.05, 0.1) is 18.1 Å². The highest BCUT2D eigenvalue weighted by Gasteiger charge is 2.51. The van der Waals surface area contributed by atoms with Gasteiger partial charge in [-0.25, -0.2) is 8.42 Å². The van der Waals surface area contributed by atoms with E-state index in [1.54, 1.807) is 18.2 Å². The van der Waals surface area contributed by atoms with Crippen molar-refractivity contribution >= 4 is 32.4 Å². The molecule has 7 heteroatoms. The molecule has 2 aromatic carbocycles. The van der Waals surface area contributed by atoms with E-state index in [0.29, 0.717) is 43.1 Å². The van der Waals surface area contributed by atoms with Gasteiger partial charge in [0, 0.05) is 41.4 Å². The first-order chi connectivity index (χ1) is 12.0. The number of fused-ring (bicyclic) bond motifs is 2. The average Bonchev–Trinajstić information content (AvgIpc) is 3.02. The molecule has 4 rings (SSSR count). The van der Waals surface area contributed by atoms with Crippen LogP contribution in [0.3, 0.4) is 0 Å². The first kappa shape index (κ1) is 17.2. The van der Waals surface area contributed by atoms with E-state index in [1.165, 1.54) is 4.31 Å². The number of aliphatic hydroxyl groups is 1. The van der Waals surface area contributed by atoms with Gasteiger partial charge in [0.25, 0.3) is 0 Å². The molecule has 0 aromatic heterocycles. The van der Waals surface area contributed by atoms with Crippen molar-refractivity contribution in [2.75, 3.05) is 32.9 Å². The molecule has 1 N–H and O–H groups in total. The molecule has 0 unspecified atom stereocenters. The van der Waals surface area contributed by atoms with E-state index in [9.17, 15) is 13.5 Å². The van der Waals surface area contributed by atoms with Crippen LogP contribution in [-0.4, -0.2) is 50.7 Å². The molecule has 2 saturated heterocycles. The molecule has 0 saturated carbocycles. The van der Waals surface area contributed by atoms with Gasteiger partial charge in [-0.2, -0.15) is 4.31 Å². The molecule has 0 amide bonds. The number of ether oxygens (including phenoxy) is 1. The van der Waals surface area contributed by atoms with Crippen molar-refractivity contribution in [3.63, 3.8) is 0 Å². The Balaban J connectivity index is 1.79. The molecular weight excluding hydrogens is 362 g/mol. The summed E-state index contributed by atoms with van der Waals surface area (Å²) in [6.07, 6.45) is 0.677. The van der Waals surface area contributed by atoms with Gasteiger partial charge in [-0.05, 0) is 23.9 Å². The van der Waals surface area contributed by atoms with Gasteiger partial charge < -0.3 is 9.84 Å². The minimum Gasteiger partial charge on any atom is -0.396 e. The quantitative estimate of drug-likeness (QED) is 0.887. The Morgan fingerprint density at radius 1 is 1.28 bits per heavy atom. The van der Waals surface area contributed by atoms with Gasteiger partial charge in [-0.15, -0.1) is 0 Å². The fourth-order valence-electron chi connectivity index (χ4n) is 4.06. The van der Waals surface area contributed by atoms with Crippen LogP contribution in [0.15, 0.2) is 41.3 Å². The van der Waals surface area contributed by atoms with E-state index in [2.05, 4.69) is 0 Å². The van der Waals surface area contributed by atoms with Gasteiger partial charge in [0.1, 0.15) is 0 Å². The minimum atomic E-state index is -3.71. The van der Waals surface area contributed by atoms with Crippen molar-refractivity contribution in [1.82, 2.24) is 4.31 Å². The molecule has 2 atom stereocenters. The van der Waals surface area contributed by atoms with Crippen molar-refractivity contribution in [2.45, 2.75) is 11.3 Å². The summed E-state index contributed by atoms with van der Waals surface area (Å²) in [5.41, 5.74) is -0.403. The topological polar surface area (TPSA) is 66.8 Å². The van der Waals surface area contributed by atoms with Crippen LogP contribution in [0.5, 0.6) is 0 Å². The van der Waals surface area contributed by atoms with Crippen LogP contribution in [0.1, 0.15) is 6.42 Å². The molecule has 2 aliphatic heterocycles. The molecule has 0 radical (unpaired) electrons. The van der Waals surface area contributed by atoms with Crippen LogP contribution >= 0.6 is 11.6 Å². The number of benzene rings is 2. The standard InChI is InChI=1S/C18H20ClNO4S/c19-15-5-1-3-13-4-2-6-16(17(13)15)25(22,23)20-9-14-10-24-8-7-18(14,11-20)12-21/h1-6,14,21H,7-12H2/t14-,18-/m1/s1. The second-order valence-corrected chi connectivity index (χ2v) is 9.25. The molecule has 2 aromatic rings. The number of hydrogen-bond acceptors (Lipinski definition) is 4. The Morgan fingerprint density at radius 2 is 2.04 bits per heavy atom. The number of hydrogen-bond donors (Lipinski definition) is 1. The minimum absolute atomic E-state index is 0.0199. The number of aliphatic hydroxyl groups excluding tert-OH is 1. The molecule has 0 bridgehead atoms. The van der Waals surface area contributed by atoms with Gasteiger partial charge in [0.15, 0.2) is 0 Å². The van der Waals surface area contributed by atoms with E-state index in [0.717, 1.165) is 5.39 Å². The summed E-state index contributed by atoms with van der Waals surface area (Å²) < 4.78 is 33.7. The molecular formula is C18H20ClNO4S. The van der Waals surface area contributed by atoms with Crippen molar-refractivity contribution in [2.24, 2.45) is 11.3 Å². The predicted octanol–water partition coefficient (Wildman–Crippen LogP) is 2.51. The maximum Gasteiger partial charge on any atom is 0.243 e. The number of nitrogens with zero attached hydrogens (tertiary/aromatic N) is 1. The summed E-state index contributed by atoms with van der Waals surface area (Å²) in [6, 6.07) is 10.6. The first-order valence-electron chi connectivity index (χ1n) is 8.34. The van der Waals surface area contributed by atoms with E-state index in [-0.39, 0.29) is 17.4 Å². The molecule has 2 fully saturated rings. The summed E-state index contributed by atoms with van der Waals surface area (Å²) in [5, 5.41) is 11.7. The highest BCUT2D eigenvalue weighted by Crippen LogP contribution is 2.44. The lowest BCUT2D eigenvalue weighted by molar-refractivity contribution is -0.0414. The number of halogens is 1. The number of rotatable bonds is 3. The lowest BCUT2D eigenvalue weighted by Crippen LogP contribution is -2.41. The summed E-state index contributed by atoms with van der Waals surface area (Å²) in [4.78, 5) is 0.225. The van der Waals surface area contributed by atoms with Crippen LogP contribution in [-0.2, 0) is 14.8 Å². The third kappa shape index (κ3) is 2.67. The monoisotopic (exact) mass is 381 g/mol. The Labute approximate surface area is 152 Å². The summed E-state index contributed by atoms with van der Waals surface area (Å²) in [7, 11) is -3.71. The van der Waals surface area contributed by atoms with Crippen molar-refractivity contribution in [1.29, 1.82) is 0 Å². The fourth-order valence-corrected chi connectivity index (χ4v) is 6.21. The lowest BCUT2D eigenvalue weighted by Gasteiger charge is -2.36. The smallest absolute Gasteiger partial charge is 0.243 e. The van der Waals surface area contributed by atoms with E-state index in [1.807, 2.05) is 18.2 Å². The zero-order chi connectivity index (χ0) is 17.7.